The maximum absolute atomic E-state index is 13.6. The number of halogens is 1. The lowest BCUT2D eigenvalue weighted by atomic mass is 10.0. The van der Waals surface area contributed by atoms with Gasteiger partial charge in [0.2, 0.25) is 10.0 Å². The number of hydrogen-bond donors (Lipinski definition) is 3. The number of piperidine rings is 1. The average Bonchev–Trinajstić information content (AvgIpc) is 2.72. The number of amides is 1. The minimum Gasteiger partial charge on any atom is -0.489 e. The number of benzene rings is 2. The molecule has 3 rings (SSSR count). The minimum atomic E-state index is -4.05. The van der Waals surface area contributed by atoms with E-state index in [1.165, 1.54) is 35.8 Å². The molecule has 0 saturated carbocycles. The van der Waals surface area contributed by atoms with Crippen LogP contribution in [0.2, 0.25) is 0 Å². The van der Waals surface area contributed by atoms with Gasteiger partial charge in [0.05, 0.1) is 11.0 Å². The lowest BCUT2D eigenvalue weighted by Gasteiger charge is -2.35. The summed E-state index contributed by atoms with van der Waals surface area (Å²) in [5, 5.41) is 18.7. The Morgan fingerprint density at radius 1 is 1.21 bits per heavy atom. The molecule has 0 spiro atoms. The molecule has 2 aromatic rings. The molecule has 0 radical (unpaired) electrons. The number of aliphatic hydroxyl groups excluding tert-OH is 1. The van der Waals surface area contributed by atoms with Crippen LogP contribution in [0, 0.1) is 5.82 Å². The number of nitrogens with zero attached hydrogens (tertiary/aromatic N) is 1. The van der Waals surface area contributed by atoms with Gasteiger partial charge in [-0.3, -0.25) is 10.0 Å². The Bertz CT molecular complexity index is 967. The first-order valence-electron chi connectivity index (χ1n) is 8.93. The molecule has 29 heavy (non-hydrogen) atoms. The van der Waals surface area contributed by atoms with Crippen molar-refractivity contribution in [1.29, 1.82) is 0 Å². The highest BCUT2D eigenvalue weighted by atomic mass is 32.2. The van der Waals surface area contributed by atoms with Crippen LogP contribution in [0.25, 0.3) is 0 Å². The molecule has 1 fully saturated rings. The summed E-state index contributed by atoms with van der Waals surface area (Å²) >= 11 is 0. The van der Waals surface area contributed by atoms with Crippen LogP contribution < -0.4 is 10.2 Å². The number of rotatable bonds is 6. The number of carbonyl (C=O) groups excluding carboxylic acids is 1. The van der Waals surface area contributed by atoms with E-state index >= 15 is 0 Å². The summed E-state index contributed by atoms with van der Waals surface area (Å²) in [6.07, 6.45) is -0.772. The first-order chi connectivity index (χ1) is 13.8. The molecule has 1 aliphatic rings. The molecule has 0 aromatic heterocycles. The highest BCUT2D eigenvalue weighted by Crippen LogP contribution is 2.27. The molecular weight excluding hydrogens is 403 g/mol. The average molecular weight is 424 g/mol. The molecule has 156 valence electrons. The maximum Gasteiger partial charge on any atom is 0.261 e. The van der Waals surface area contributed by atoms with Gasteiger partial charge in [-0.1, -0.05) is 18.2 Å². The van der Waals surface area contributed by atoms with E-state index in [1.807, 2.05) is 0 Å². The van der Waals surface area contributed by atoms with Crippen LogP contribution in [0.3, 0.4) is 0 Å². The molecule has 8 nitrogen and oxygen atoms in total. The second-order valence-electron chi connectivity index (χ2n) is 6.64. The smallest absolute Gasteiger partial charge is 0.261 e. The Balaban J connectivity index is 1.75. The molecule has 1 saturated heterocycles. The quantitative estimate of drug-likeness (QED) is 0.477. The van der Waals surface area contributed by atoms with E-state index in [9.17, 15) is 22.7 Å². The highest BCUT2D eigenvalue weighted by Gasteiger charge is 2.40. The fraction of sp³-hybridized carbons (Fsp3) is 0.316. The third-order valence-electron chi connectivity index (χ3n) is 4.72. The van der Waals surface area contributed by atoms with Crippen LogP contribution in [0.15, 0.2) is 53.4 Å². The van der Waals surface area contributed by atoms with E-state index < -0.39 is 33.9 Å². The predicted octanol–water partition coefficient (Wildman–Crippen LogP) is 1.42. The summed E-state index contributed by atoms with van der Waals surface area (Å²) < 4.78 is 46.0. The predicted molar refractivity (Wildman–Crippen MR) is 100 cm³/mol. The van der Waals surface area contributed by atoms with E-state index in [4.69, 9.17) is 9.94 Å². The van der Waals surface area contributed by atoms with E-state index in [-0.39, 0.29) is 30.9 Å². The molecule has 3 N–H and O–H groups in total. The molecule has 1 aliphatic heterocycles. The zero-order chi connectivity index (χ0) is 21.0. The lowest BCUT2D eigenvalue weighted by Crippen LogP contribution is -2.54. The van der Waals surface area contributed by atoms with Crippen LogP contribution >= 0.6 is 0 Å². The van der Waals surface area contributed by atoms with E-state index in [0.717, 1.165) is 4.31 Å². The van der Waals surface area contributed by atoms with Crippen LogP contribution in [0.5, 0.6) is 5.75 Å². The monoisotopic (exact) mass is 424 g/mol. The van der Waals surface area contributed by atoms with Crippen LogP contribution in [0.1, 0.15) is 18.4 Å². The molecule has 2 unspecified atom stereocenters. The van der Waals surface area contributed by atoms with Gasteiger partial charge < -0.3 is 9.84 Å². The molecule has 0 bridgehead atoms. The number of nitrogens with one attached hydrogen (secondary N) is 1. The minimum absolute atomic E-state index is 0.0124. The standard InChI is InChI=1S/C19H21FN2O6S/c20-17-4-2-1-3-13(17)12-28-15-5-7-16(8-6-15)29(26,27)22-10-9-14(23)11-18(22)19(24)21-25/h1-8,14,18,23,25H,9-12H2,(H,21,24). The van der Waals surface area contributed by atoms with Crippen molar-refractivity contribution < 1.29 is 32.7 Å². The van der Waals surface area contributed by atoms with Gasteiger partial charge in [-0.2, -0.15) is 4.31 Å². The molecule has 1 heterocycles. The zero-order valence-corrected chi connectivity index (χ0v) is 16.2. The maximum atomic E-state index is 13.6. The van der Waals surface area contributed by atoms with Crippen LogP contribution in [0.4, 0.5) is 4.39 Å². The van der Waals surface area contributed by atoms with Crippen LogP contribution in [-0.2, 0) is 21.4 Å². The van der Waals surface area contributed by atoms with Crippen molar-refractivity contribution in [3.8, 4) is 5.75 Å². The molecular formula is C19H21FN2O6S. The zero-order valence-electron chi connectivity index (χ0n) is 15.4. The van der Waals surface area contributed by atoms with Crippen molar-refractivity contribution in [3.63, 3.8) is 0 Å². The van der Waals surface area contributed by atoms with Gasteiger partial charge in [0.25, 0.3) is 5.91 Å². The number of sulfonamides is 1. The molecule has 2 aromatic carbocycles. The second-order valence-corrected chi connectivity index (χ2v) is 8.53. The van der Waals surface area contributed by atoms with Gasteiger partial charge in [0.1, 0.15) is 24.2 Å². The first kappa shape index (κ1) is 21.2. The normalized spacial score (nSPS) is 20.2. The fourth-order valence-corrected chi connectivity index (χ4v) is 4.76. The van der Waals surface area contributed by atoms with E-state index in [1.54, 1.807) is 18.2 Å². The number of carbonyl (C=O) groups is 1. The Kier molecular flexibility index (Phi) is 6.48. The topological polar surface area (TPSA) is 116 Å². The third kappa shape index (κ3) is 4.73. The summed E-state index contributed by atoms with van der Waals surface area (Å²) in [5.74, 6) is -0.949. The summed E-state index contributed by atoms with van der Waals surface area (Å²) in [6, 6.07) is 10.5. The Morgan fingerprint density at radius 3 is 2.55 bits per heavy atom. The van der Waals surface area contributed by atoms with Crippen molar-refractivity contribution in [2.24, 2.45) is 0 Å². The third-order valence-corrected chi connectivity index (χ3v) is 6.64. The summed E-state index contributed by atoms with van der Waals surface area (Å²) in [4.78, 5) is 11.8. The van der Waals surface area contributed by atoms with Gasteiger partial charge >= 0.3 is 0 Å². The molecule has 2 atom stereocenters. The summed E-state index contributed by atoms with van der Waals surface area (Å²) in [7, 11) is -4.05. The van der Waals surface area contributed by atoms with Crippen molar-refractivity contribution in [1.82, 2.24) is 9.79 Å². The summed E-state index contributed by atoms with van der Waals surface area (Å²) in [5.41, 5.74) is 1.82. The molecule has 10 heteroatoms. The Labute approximate surface area is 167 Å². The van der Waals surface area contributed by atoms with E-state index in [2.05, 4.69) is 0 Å². The number of hydrogen-bond acceptors (Lipinski definition) is 6. The van der Waals surface area contributed by atoms with Crippen LogP contribution in [-0.4, -0.2) is 47.6 Å². The lowest BCUT2D eigenvalue weighted by molar-refractivity contribution is -0.135. The number of hydroxylamine groups is 1. The Morgan fingerprint density at radius 2 is 1.90 bits per heavy atom. The van der Waals surface area contributed by atoms with Gasteiger partial charge in [-0.25, -0.2) is 18.3 Å². The van der Waals surface area contributed by atoms with Crippen molar-refractivity contribution >= 4 is 15.9 Å². The molecule has 0 aliphatic carbocycles. The van der Waals surface area contributed by atoms with Gasteiger partial charge in [0.15, 0.2) is 0 Å². The molecule has 1 amide bonds. The first-order valence-corrected chi connectivity index (χ1v) is 10.4. The number of aliphatic hydroxyl groups is 1. The SMILES string of the molecule is O=C(NO)C1CC(O)CCN1S(=O)(=O)c1ccc(OCc2ccccc2F)cc1. The second kappa shape index (κ2) is 8.87. The fourth-order valence-electron chi connectivity index (χ4n) is 3.15. The van der Waals surface area contributed by atoms with Gasteiger partial charge in [-0.05, 0) is 43.2 Å². The van der Waals surface area contributed by atoms with Gasteiger partial charge in [-0.15, -0.1) is 0 Å². The largest absolute Gasteiger partial charge is 0.489 e. The summed E-state index contributed by atoms with van der Waals surface area (Å²) in [6.45, 7) is -0.0748. The number of ether oxygens (including phenoxy) is 1. The van der Waals surface area contributed by atoms with Crippen molar-refractivity contribution in [2.45, 2.75) is 36.5 Å². The van der Waals surface area contributed by atoms with Crippen molar-refractivity contribution in [2.75, 3.05) is 6.54 Å². The highest BCUT2D eigenvalue weighted by molar-refractivity contribution is 7.89. The Hall–Kier alpha value is -2.53. The van der Waals surface area contributed by atoms with E-state index in [0.29, 0.717) is 11.3 Å². The van der Waals surface area contributed by atoms with Crippen molar-refractivity contribution in [3.05, 3.63) is 59.9 Å². The van der Waals surface area contributed by atoms with Gasteiger partial charge in [0, 0.05) is 12.1 Å².